The Morgan fingerprint density at radius 1 is 0.627 bits per heavy atom. The van der Waals surface area contributed by atoms with Crippen molar-refractivity contribution in [2.24, 2.45) is 0 Å². The maximum Gasteiger partial charge on any atom is 0.511 e. The molecule has 9 heteroatoms. The molecule has 59 heavy (non-hydrogen) atoms. The Bertz CT molecular complexity index is 3120. The summed E-state index contributed by atoms with van der Waals surface area (Å²) in [5, 5.41) is 2.43. The van der Waals surface area contributed by atoms with E-state index in [9.17, 15) is 0 Å². The SMILES string of the molecule is Cc1cccc(C)c1B1Oc2ccc(Oc3[c-]c(-n4[c-][n+](-c5ccccc5-n5c6ccccc6c6ccccc65)c5ccccc54)ccc3)[c-]c2N1c1ccccn1.[Pt]. The first kappa shape index (κ1) is 36.5. The van der Waals surface area contributed by atoms with E-state index in [1.807, 2.05) is 53.1 Å². The summed E-state index contributed by atoms with van der Waals surface area (Å²) >= 11 is 0. The molecule has 7 aromatic carbocycles. The number of pyridine rings is 1. The molecule has 0 spiro atoms. The Morgan fingerprint density at radius 3 is 2.05 bits per heavy atom. The number of hydrogen-bond donors (Lipinski definition) is 0. The fourth-order valence-corrected chi connectivity index (χ4v) is 8.40. The van der Waals surface area contributed by atoms with Crippen LogP contribution in [-0.2, 0) is 21.1 Å². The second-order valence-corrected chi connectivity index (χ2v) is 14.5. The van der Waals surface area contributed by atoms with Gasteiger partial charge in [0.15, 0.2) is 0 Å². The Morgan fingerprint density at radius 2 is 1.29 bits per heavy atom. The molecule has 0 saturated heterocycles. The van der Waals surface area contributed by atoms with Crippen LogP contribution in [0.5, 0.6) is 17.2 Å². The van der Waals surface area contributed by atoms with E-state index in [2.05, 4.69) is 162 Å². The molecule has 10 aromatic rings. The summed E-state index contributed by atoms with van der Waals surface area (Å²) < 4.78 is 19.7. The zero-order valence-corrected chi connectivity index (χ0v) is 34.4. The van der Waals surface area contributed by atoms with Crippen molar-refractivity contribution < 1.29 is 35.0 Å². The molecule has 0 radical (unpaired) electrons. The largest absolute Gasteiger partial charge is 0.599 e. The van der Waals surface area contributed by atoms with Crippen molar-refractivity contribution in [2.45, 2.75) is 13.8 Å². The predicted molar refractivity (Wildman–Crippen MR) is 230 cm³/mol. The first-order valence-corrected chi connectivity index (χ1v) is 19.3. The van der Waals surface area contributed by atoms with Gasteiger partial charge >= 0.3 is 7.05 Å². The summed E-state index contributed by atoms with van der Waals surface area (Å²) in [5.74, 6) is 2.56. The van der Waals surface area contributed by atoms with Crippen LogP contribution in [0, 0.1) is 32.3 Å². The number of hydrogen-bond acceptors (Lipinski definition) is 4. The van der Waals surface area contributed by atoms with E-state index >= 15 is 0 Å². The Balaban J connectivity index is 0.00000420. The molecular weight excluding hydrogens is 908 g/mol. The van der Waals surface area contributed by atoms with Gasteiger partial charge in [-0.25, -0.2) is 4.98 Å². The van der Waals surface area contributed by atoms with E-state index in [0.717, 1.165) is 67.2 Å². The molecule has 0 saturated carbocycles. The number of nitrogens with zero attached hydrogens (tertiary/aromatic N) is 5. The number of aromatic nitrogens is 4. The molecular formula is C50H34BN5O2Pt-2. The maximum atomic E-state index is 6.64. The number of anilines is 2. The second-order valence-electron chi connectivity index (χ2n) is 14.5. The number of benzene rings is 7. The van der Waals surface area contributed by atoms with Gasteiger partial charge in [-0.3, -0.25) is 4.57 Å². The molecule has 0 aliphatic carbocycles. The van der Waals surface area contributed by atoms with Crippen molar-refractivity contribution >= 4 is 56.9 Å². The van der Waals surface area contributed by atoms with Crippen molar-refractivity contribution in [2.75, 3.05) is 4.81 Å². The molecule has 0 atom stereocenters. The summed E-state index contributed by atoms with van der Waals surface area (Å²) in [6.45, 7) is 4.23. The molecule has 1 aliphatic heterocycles. The molecule has 0 unspecified atom stereocenters. The molecule has 11 rings (SSSR count). The van der Waals surface area contributed by atoms with Crippen molar-refractivity contribution in [1.82, 2.24) is 14.1 Å². The number of aryl methyl sites for hydroxylation is 2. The first-order chi connectivity index (χ1) is 28.6. The average Bonchev–Trinajstić information content (AvgIpc) is 3.94. The van der Waals surface area contributed by atoms with Gasteiger partial charge in [0.1, 0.15) is 5.82 Å². The fraction of sp³-hybridized carbons (Fsp3) is 0.0400. The summed E-state index contributed by atoms with van der Waals surface area (Å²) in [4.78, 5) is 6.81. The fourth-order valence-electron chi connectivity index (χ4n) is 8.40. The number of imidazole rings is 1. The van der Waals surface area contributed by atoms with E-state index in [-0.39, 0.29) is 21.1 Å². The molecule has 4 heterocycles. The molecule has 3 aromatic heterocycles. The maximum absolute atomic E-state index is 6.64. The van der Waals surface area contributed by atoms with Gasteiger partial charge < -0.3 is 23.3 Å². The zero-order chi connectivity index (χ0) is 38.7. The van der Waals surface area contributed by atoms with Gasteiger partial charge in [0, 0.05) is 55.3 Å². The molecule has 286 valence electrons. The Labute approximate surface area is 356 Å². The van der Waals surface area contributed by atoms with Crippen LogP contribution in [-0.4, -0.2) is 21.2 Å². The molecule has 0 bridgehead atoms. The number of fused-ring (bicyclic) bond motifs is 5. The van der Waals surface area contributed by atoms with Crippen LogP contribution in [0.4, 0.5) is 11.5 Å². The molecule has 0 fully saturated rings. The van der Waals surface area contributed by atoms with Crippen LogP contribution in [0.2, 0.25) is 0 Å². The van der Waals surface area contributed by atoms with E-state index in [1.165, 1.54) is 10.8 Å². The second kappa shape index (κ2) is 14.8. The smallest absolute Gasteiger partial charge is 0.511 e. The van der Waals surface area contributed by atoms with Gasteiger partial charge in [0.25, 0.3) is 6.33 Å². The minimum atomic E-state index is -0.406. The van der Waals surface area contributed by atoms with E-state index in [4.69, 9.17) is 14.4 Å². The van der Waals surface area contributed by atoms with Crippen LogP contribution in [0.3, 0.4) is 0 Å². The zero-order valence-electron chi connectivity index (χ0n) is 32.1. The molecule has 0 N–H and O–H groups in total. The van der Waals surface area contributed by atoms with Crippen LogP contribution in [0.25, 0.3) is 49.9 Å². The van der Waals surface area contributed by atoms with Gasteiger partial charge in [0.2, 0.25) is 0 Å². The van der Waals surface area contributed by atoms with Crippen molar-refractivity contribution in [3.05, 3.63) is 200 Å². The molecule has 7 nitrogen and oxygen atoms in total. The van der Waals surface area contributed by atoms with E-state index in [1.54, 1.807) is 6.20 Å². The van der Waals surface area contributed by atoms with E-state index < -0.39 is 7.05 Å². The van der Waals surface area contributed by atoms with Crippen LogP contribution < -0.4 is 24.2 Å². The third-order valence-corrected chi connectivity index (χ3v) is 11.0. The predicted octanol–water partition coefficient (Wildman–Crippen LogP) is 10.1. The normalized spacial score (nSPS) is 12.2. The van der Waals surface area contributed by atoms with Crippen molar-refractivity contribution in [3.8, 4) is 34.3 Å². The van der Waals surface area contributed by atoms with Gasteiger partial charge in [-0.2, -0.15) is 12.1 Å². The summed E-state index contributed by atoms with van der Waals surface area (Å²) in [6.07, 6.45) is 5.49. The van der Waals surface area contributed by atoms with Crippen molar-refractivity contribution in [1.29, 1.82) is 0 Å². The van der Waals surface area contributed by atoms with Gasteiger partial charge in [-0.05, 0) is 67.1 Å². The Hall–Kier alpha value is -6.89. The Kier molecular flexibility index (Phi) is 9.15. The van der Waals surface area contributed by atoms with Gasteiger partial charge in [-0.1, -0.05) is 108 Å². The topological polar surface area (TPSA) is 48.3 Å². The van der Waals surface area contributed by atoms with Crippen LogP contribution in [0.1, 0.15) is 11.1 Å². The minimum absolute atomic E-state index is 0. The summed E-state index contributed by atoms with van der Waals surface area (Å²) in [7, 11) is -0.406. The van der Waals surface area contributed by atoms with Crippen LogP contribution in [0.15, 0.2) is 170 Å². The third-order valence-electron chi connectivity index (χ3n) is 11.0. The van der Waals surface area contributed by atoms with E-state index in [0.29, 0.717) is 17.2 Å². The monoisotopic (exact) mass is 942 g/mol. The molecule has 1 aliphatic rings. The summed E-state index contributed by atoms with van der Waals surface area (Å²) in [5.41, 5.74) is 11.3. The quantitative estimate of drug-likeness (QED) is 0.0908. The van der Waals surface area contributed by atoms with Crippen molar-refractivity contribution in [3.63, 3.8) is 0 Å². The first-order valence-electron chi connectivity index (χ1n) is 19.3. The number of ether oxygens (including phenoxy) is 1. The average molecular weight is 943 g/mol. The summed E-state index contributed by atoms with van der Waals surface area (Å²) in [6, 6.07) is 63.0. The van der Waals surface area contributed by atoms with Gasteiger partial charge in [0.05, 0.1) is 33.4 Å². The third kappa shape index (κ3) is 6.10. The van der Waals surface area contributed by atoms with Crippen LogP contribution >= 0.6 is 0 Å². The number of para-hydroxylation sites is 6. The number of rotatable bonds is 7. The molecule has 0 amide bonds. The van der Waals surface area contributed by atoms with Gasteiger partial charge in [-0.15, -0.1) is 30.3 Å². The minimum Gasteiger partial charge on any atom is -0.599 e. The standard InChI is InChI=1S/C50H34BN5O2.Pt/c1-34-15-13-16-35(2)50(34)51-56(49-27-11-12-30-52-49)47-32-38(28-29-48(47)58-51)57-37-18-14-17-36(31-37)53-33-54(44-24-8-7-23-43(44)53)45-25-9-10-26-46(45)55-41-21-5-3-19-39(41)40-20-4-6-22-42(40)55;/h3-30H,1-2H3;/q-2;.